The first-order chi connectivity index (χ1) is 69.6. The van der Waals surface area contributed by atoms with Gasteiger partial charge in [0.25, 0.3) is 0 Å². The maximum Gasteiger partial charge on any atom is 0.161 e. The molecule has 0 spiro atoms. The number of nitrogens with zero attached hydrogens (tertiary/aromatic N) is 6. The number of furan rings is 3. The third kappa shape index (κ3) is 12.2. The standard InChI is InChI=1S/C46H28N2O2.C44H32N2O.C43H32N2/c1-46(27-14-3-2-4-15-27)34-21-9-5-16-28(34)41-33(26-39-42(43(41)46)31-19-8-12-24-37(31)50-39)45-47-35-22-10-6-17-29(35)44(48-45)32-20-13-25-38-40(32)30-18-7-11-23-36(30)49-38;1-43(2)32-17-9-5-13-26(32)27-22-21-25(23-34(27)43)41-29-15-7-11-19-35(29)45-42(46-41)31-24-37-39(30-16-8-12-20-36(30)47-37)40-38(31)28-14-6-10-18-33(28)44(40,3)4;1-3-43(2)37-20-11-10-17-31(37)33-23-21-30-26-35-32(39(30)40(33)43)18-12-19-34(35)42-44-38-24-22-29(27-13-6-4-7-14-27)25-36(38)41(45-42)28-15-8-5-9-16-28/h2-26H,1H3;5-24H,1-4H3;4-25H,3,26H2,1-2H3. The van der Waals surface area contributed by atoms with Crippen LogP contribution in [0.15, 0.2) is 420 Å². The van der Waals surface area contributed by atoms with Crippen molar-refractivity contribution in [2.45, 2.75) is 83.0 Å². The third-order valence-electron chi connectivity index (χ3n) is 31.9. The van der Waals surface area contributed by atoms with Gasteiger partial charge in [-0.05, 0) is 214 Å². The lowest BCUT2D eigenvalue weighted by molar-refractivity contribution is 0.566. The van der Waals surface area contributed by atoms with Crippen LogP contribution < -0.4 is 0 Å². The zero-order valence-electron chi connectivity index (χ0n) is 79.5. The number of fused-ring (bicyclic) bond motifs is 30. The van der Waals surface area contributed by atoms with E-state index >= 15 is 0 Å². The zero-order valence-corrected chi connectivity index (χ0v) is 79.5. The summed E-state index contributed by atoms with van der Waals surface area (Å²) < 4.78 is 19.6. The Labute approximate surface area is 821 Å². The van der Waals surface area contributed by atoms with Gasteiger partial charge in [-0.2, -0.15) is 0 Å². The first-order valence-electron chi connectivity index (χ1n) is 49.4. The van der Waals surface area contributed by atoms with E-state index < -0.39 is 5.41 Å². The molecule has 9 heteroatoms. The molecular formula is C133H92N6O3. The maximum atomic E-state index is 6.70. The highest BCUT2D eigenvalue weighted by Gasteiger charge is 2.48. The zero-order chi connectivity index (χ0) is 94.8. The van der Waals surface area contributed by atoms with Crippen molar-refractivity contribution in [2.24, 2.45) is 0 Å². The average molecular weight is 1820 g/mol. The Bertz CT molecular complexity index is 9680. The molecule has 0 amide bonds. The van der Waals surface area contributed by atoms with E-state index in [2.05, 4.69) is 419 Å². The summed E-state index contributed by atoms with van der Waals surface area (Å²) in [6, 6.07) is 145. The second kappa shape index (κ2) is 31.3. The Morgan fingerprint density at radius 3 is 1.31 bits per heavy atom. The van der Waals surface area contributed by atoms with Crippen LogP contribution in [-0.4, -0.2) is 29.9 Å². The number of hydrogen-bond donors (Lipinski definition) is 0. The van der Waals surface area contributed by atoms with Crippen molar-refractivity contribution in [3.8, 4) is 135 Å². The maximum absolute atomic E-state index is 6.70. The molecule has 6 heterocycles. The molecule has 142 heavy (non-hydrogen) atoms. The predicted molar refractivity (Wildman–Crippen MR) is 581 cm³/mol. The summed E-state index contributed by atoms with van der Waals surface area (Å²) in [6.45, 7) is 16.4. The molecule has 5 aliphatic rings. The number of aromatic nitrogens is 6. The van der Waals surface area contributed by atoms with Gasteiger partial charge in [0.15, 0.2) is 17.5 Å². The van der Waals surface area contributed by atoms with Gasteiger partial charge in [-0.3, -0.25) is 0 Å². The molecule has 9 nitrogen and oxygen atoms in total. The van der Waals surface area contributed by atoms with Crippen LogP contribution in [0.1, 0.15) is 116 Å². The molecule has 0 N–H and O–H groups in total. The van der Waals surface area contributed by atoms with Gasteiger partial charge in [0, 0.05) is 104 Å². The van der Waals surface area contributed by atoms with Gasteiger partial charge in [0.05, 0.1) is 33.6 Å². The molecule has 2 unspecified atom stereocenters. The quantitative estimate of drug-likeness (QED) is 0.139. The molecule has 5 aliphatic carbocycles. The molecule has 19 aromatic carbocycles. The molecular weight excluding hydrogens is 1730 g/mol. The van der Waals surface area contributed by atoms with Crippen molar-refractivity contribution >= 4 is 98.5 Å². The van der Waals surface area contributed by atoms with Crippen LogP contribution in [0.4, 0.5) is 0 Å². The van der Waals surface area contributed by atoms with E-state index in [0.29, 0.717) is 11.6 Å². The summed E-state index contributed by atoms with van der Waals surface area (Å²) in [5, 5.41) is 9.80. The highest BCUT2D eigenvalue weighted by molar-refractivity contribution is 6.18. The van der Waals surface area contributed by atoms with Crippen molar-refractivity contribution in [1.29, 1.82) is 0 Å². The molecule has 30 rings (SSSR count). The predicted octanol–water partition coefficient (Wildman–Crippen LogP) is 34.5. The van der Waals surface area contributed by atoms with Crippen LogP contribution in [0.5, 0.6) is 0 Å². The topological polar surface area (TPSA) is 117 Å². The monoisotopic (exact) mass is 1820 g/mol. The summed E-state index contributed by atoms with van der Waals surface area (Å²) in [6.07, 6.45) is 1.95. The van der Waals surface area contributed by atoms with E-state index in [1.54, 1.807) is 0 Å². The second-order valence-electron chi connectivity index (χ2n) is 40.2. The van der Waals surface area contributed by atoms with Crippen molar-refractivity contribution in [3.63, 3.8) is 0 Å². The average Bonchev–Trinajstić information content (AvgIpc) is 1.53. The molecule has 0 fully saturated rings. The first-order valence-corrected chi connectivity index (χ1v) is 49.4. The number of hydrogen-bond acceptors (Lipinski definition) is 9. The van der Waals surface area contributed by atoms with E-state index in [4.69, 9.17) is 43.2 Å². The lowest BCUT2D eigenvalue weighted by Gasteiger charge is -2.29. The fraction of sp³-hybridized carbons (Fsp3) is 0.0977. The number of benzene rings is 19. The van der Waals surface area contributed by atoms with Gasteiger partial charge in [-0.15, -0.1) is 0 Å². The smallest absolute Gasteiger partial charge is 0.161 e. The molecule has 6 aromatic heterocycles. The summed E-state index contributed by atoms with van der Waals surface area (Å²) in [5.74, 6) is 2.17. The van der Waals surface area contributed by atoms with Gasteiger partial charge in [-0.25, -0.2) is 29.9 Å². The van der Waals surface area contributed by atoms with Crippen molar-refractivity contribution < 1.29 is 13.3 Å². The number of rotatable bonds is 9. The third-order valence-corrected chi connectivity index (χ3v) is 31.9. The Balaban J connectivity index is 0.000000104. The van der Waals surface area contributed by atoms with E-state index in [9.17, 15) is 0 Å². The van der Waals surface area contributed by atoms with E-state index in [0.717, 1.165) is 168 Å². The summed E-state index contributed by atoms with van der Waals surface area (Å²) >= 11 is 0. The summed E-state index contributed by atoms with van der Waals surface area (Å²) in [4.78, 5) is 32.2. The lowest BCUT2D eigenvalue weighted by Crippen LogP contribution is -2.22. The molecule has 2 atom stereocenters. The van der Waals surface area contributed by atoms with Crippen LogP contribution in [-0.2, 0) is 28.1 Å². The summed E-state index contributed by atoms with van der Waals surface area (Å²) in [5.41, 5.74) is 46.2. The SMILES string of the molecule is CC1(C)c2ccccc2-c2ccc(-c3nc(-c4cc5oc6ccccc6c5c5c4-c4ccccc4C5(C)C)nc4ccccc34)cc21.CC1(c2ccccc2)c2ccccc2-c2c(-c3nc(-c4cccc5oc6ccccc6c45)c4ccccc4n3)cc3oc4ccccc4c3c21.CCC1(C)c2ccccc2-c2ccc3c(c21)-c1cccc(-c2nc(-c4ccccc4)c4cc(-c5ccccc5)ccc4n2)c1C3. The highest BCUT2D eigenvalue weighted by atomic mass is 16.3. The van der Waals surface area contributed by atoms with Gasteiger partial charge >= 0.3 is 0 Å². The van der Waals surface area contributed by atoms with Crippen LogP contribution in [0, 0.1) is 0 Å². The van der Waals surface area contributed by atoms with Gasteiger partial charge < -0.3 is 13.3 Å². The molecule has 672 valence electrons. The normalized spacial score (nSPS) is 15.5. The molecule has 0 radical (unpaired) electrons. The lowest BCUT2D eigenvalue weighted by atomic mass is 9.73. The fourth-order valence-electron chi connectivity index (χ4n) is 25.1. The highest BCUT2D eigenvalue weighted by Crippen LogP contribution is 2.63. The Morgan fingerprint density at radius 1 is 0.239 bits per heavy atom. The largest absolute Gasteiger partial charge is 0.456 e. The number of para-hydroxylation sites is 5. The van der Waals surface area contributed by atoms with Gasteiger partial charge in [-0.1, -0.05) is 381 Å². The second-order valence-corrected chi connectivity index (χ2v) is 40.2. The van der Waals surface area contributed by atoms with Crippen molar-refractivity contribution in [3.05, 3.63) is 468 Å². The van der Waals surface area contributed by atoms with Crippen molar-refractivity contribution in [2.75, 3.05) is 0 Å². The molecule has 25 aromatic rings. The minimum absolute atomic E-state index is 0.0225. The summed E-state index contributed by atoms with van der Waals surface area (Å²) in [7, 11) is 0. The van der Waals surface area contributed by atoms with E-state index in [-0.39, 0.29) is 16.2 Å². The molecule has 0 bridgehead atoms. The van der Waals surface area contributed by atoms with Crippen LogP contribution in [0.2, 0.25) is 0 Å². The molecule has 0 saturated heterocycles. The van der Waals surface area contributed by atoms with E-state index in [1.165, 1.54) is 128 Å². The van der Waals surface area contributed by atoms with Gasteiger partial charge in [0.2, 0.25) is 0 Å². The van der Waals surface area contributed by atoms with E-state index in [1.807, 2.05) is 36.4 Å². The fourth-order valence-corrected chi connectivity index (χ4v) is 25.1. The Morgan fingerprint density at radius 2 is 0.669 bits per heavy atom. The molecule has 0 aliphatic heterocycles. The minimum Gasteiger partial charge on any atom is -0.456 e. The van der Waals surface area contributed by atoms with Crippen LogP contribution in [0.25, 0.3) is 233 Å². The van der Waals surface area contributed by atoms with Crippen molar-refractivity contribution in [1.82, 2.24) is 29.9 Å². The first kappa shape index (κ1) is 82.8. The minimum atomic E-state index is -0.449. The Kier molecular flexibility index (Phi) is 18.3. The van der Waals surface area contributed by atoms with Crippen LogP contribution in [0.3, 0.4) is 0 Å². The Hall–Kier alpha value is -17.4. The molecule has 0 saturated carbocycles. The van der Waals surface area contributed by atoms with Gasteiger partial charge in [0.1, 0.15) is 33.5 Å². The van der Waals surface area contributed by atoms with Crippen LogP contribution >= 0.6 is 0 Å².